The minimum atomic E-state index is 0.520. The Bertz CT molecular complexity index is 421. The van der Waals surface area contributed by atoms with Crippen molar-refractivity contribution in [2.45, 2.75) is 25.8 Å². The van der Waals surface area contributed by atoms with Crippen molar-refractivity contribution in [1.29, 1.82) is 0 Å². The fourth-order valence-electron chi connectivity index (χ4n) is 2.51. The lowest BCUT2D eigenvalue weighted by Crippen LogP contribution is -2.28. The molecule has 0 aliphatic carbocycles. The zero-order valence-electron chi connectivity index (χ0n) is 12.1. The molecule has 0 bridgehead atoms. The molecule has 0 amide bonds. The summed E-state index contributed by atoms with van der Waals surface area (Å²) in [7, 11) is 1.70. The average Bonchev–Trinajstić information content (AvgIpc) is 2.99. The second-order valence-corrected chi connectivity index (χ2v) is 5.80. The van der Waals surface area contributed by atoms with Gasteiger partial charge in [0.05, 0.1) is 7.11 Å². The molecule has 19 heavy (non-hydrogen) atoms. The summed E-state index contributed by atoms with van der Waals surface area (Å²) in [6.07, 6.45) is 7.22. The molecule has 0 aromatic heterocycles. The van der Waals surface area contributed by atoms with Gasteiger partial charge < -0.3 is 4.74 Å². The Labute approximate surface area is 120 Å². The van der Waals surface area contributed by atoms with E-state index < -0.39 is 0 Å². The molecule has 0 radical (unpaired) electrons. The molecule has 2 rings (SSSR count). The van der Waals surface area contributed by atoms with Crippen LogP contribution in [0.25, 0.3) is 4.91 Å². The van der Waals surface area contributed by atoms with Crippen molar-refractivity contribution in [1.82, 2.24) is 4.90 Å². The van der Waals surface area contributed by atoms with Crippen molar-refractivity contribution in [3.63, 3.8) is 0 Å². The lowest BCUT2D eigenvalue weighted by molar-refractivity contribution is 0.301. The molecule has 1 aliphatic heterocycles. The highest BCUT2D eigenvalue weighted by Crippen LogP contribution is 2.28. The van der Waals surface area contributed by atoms with E-state index >= 15 is 0 Å². The Kier molecular flexibility index (Phi) is 5.34. The maximum Gasteiger partial charge on any atom is 0.118 e. The molecule has 1 unspecified atom stereocenters. The van der Waals surface area contributed by atoms with E-state index in [-0.39, 0.29) is 0 Å². The lowest BCUT2D eigenvalue weighted by Gasteiger charge is -2.21. The van der Waals surface area contributed by atoms with Gasteiger partial charge in [0.15, 0.2) is 0 Å². The first kappa shape index (κ1) is 14.5. The first-order valence-electron chi connectivity index (χ1n) is 6.89. The molecule has 1 heterocycles. The Morgan fingerprint density at radius 3 is 2.42 bits per heavy atom. The summed E-state index contributed by atoms with van der Waals surface area (Å²) < 4.78 is 5.21. The van der Waals surface area contributed by atoms with Gasteiger partial charge in [-0.3, -0.25) is 4.90 Å². The number of benzene rings is 1. The molecule has 1 atom stereocenters. The highest BCUT2D eigenvalue weighted by Gasteiger charge is 2.16. The summed E-state index contributed by atoms with van der Waals surface area (Å²) >= 11 is 1.82. The van der Waals surface area contributed by atoms with Crippen LogP contribution >= 0.6 is 11.8 Å². The molecular formula is C16H23NOS. The topological polar surface area (TPSA) is 12.5 Å². The smallest absolute Gasteiger partial charge is 0.118 e. The highest BCUT2D eigenvalue weighted by molar-refractivity contribution is 8.07. The number of nitrogens with zero attached hydrogens (tertiary/aromatic N) is 1. The van der Waals surface area contributed by atoms with Gasteiger partial charge in [0.25, 0.3) is 0 Å². The van der Waals surface area contributed by atoms with Crippen LogP contribution in [-0.4, -0.2) is 37.4 Å². The number of rotatable bonds is 5. The van der Waals surface area contributed by atoms with Crippen molar-refractivity contribution in [2.75, 3.05) is 26.5 Å². The van der Waals surface area contributed by atoms with Crippen LogP contribution in [0.4, 0.5) is 0 Å². The van der Waals surface area contributed by atoms with Crippen LogP contribution in [0.3, 0.4) is 0 Å². The molecular weight excluding hydrogens is 254 g/mol. The van der Waals surface area contributed by atoms with E-state index in [1.54, 1.807) is 7.11 Å². The second-order valence-electron chi connectivity index (χ2n) is 4.95. The monoisotopic (exact) mass is 277 g/mol. The van der Waals surface area contributed by atoms with Gasteiger partial charge in [-0.1, -0.05) is 18.2 Å². The third kappa shape index (κ3) is 3.77. The highest BCUT2D eigenvalue weighted by atomic mass is 32.2. The van der Waals surface area contributed by atoms with Gasteiger partial charge in [0.2, 0.25) is 0 Å². The molecule has 1 aromatic carbocycles. The molecule has 0 saturated carbocycles. The van der Waals surface area contributed by atoms with Crippen LogP contribution < -0.4 is 4.74 Å². The minimum absolute atomic E-state index is 0.520. The first-order valence-corrected chi connectivity index (χ1v) is 8.11. The summed E-state index contributed by atoms with van der Waals surface area (Å²) in [6, 6.07) is 8.85. The average molecular weight is 277 g/mol. The Morgan fingerprint density at radius 2 is 1.89 bits per heavy atom. The number of methoxy groups -OCH3 is 1. The number of ether oxygens (including phenoxy) is 1. The van der Waals surface area contributed by atoms with Crippen molar-refractivity contribution in [3.05, 3.63) is 35.9 Å². The van der Waals surface area contributed by atoms with Crippen molar-refractivity contribution in [3.8, 4) is 5.75 Å². The van der Waals surface area contributed by atoms with Gasteiger partial charge in [-0.2, -0.15) is 0 Å². The van der Waals surface area contributed by atoms with E-state index in [2.05, 4.69) is 36.3 Å². The molecule has 0 spiro atoms. The number of likely N-dealkylation sites (tertiary alicyclic amines) is 1. The summed E-state index contributed by atoms with van der Waals surface area (Å²) in [6.45, 7) is 4.77. The molecule has 0 N–H and O–H groups in total. The zero-order chi connectivity index (χ0) is 13.7. The Balaban J connectivity index is 2.12. The van der Waals surface area contributed by atoms with Crippen LogP contribution in [0.15, 0.2) is 30.3 Å². The maximum atomic E-state index is 5.21. The van der Waals surface area contributed by atoms with Crippen molar-refractivity contribution in [2.24, 2.45) is 0 Å². The third-order valence-corrected chi connectivity index (χ3v) is 4.52. The maximum absolute atomic E-state index is 5.21. The van der Waals surface area contributed by atoms with Crippen molar-refractivity contribution >= 4 is 16.7 Å². The normalized spacial score (nSPS) is 18.6. The van der Waals surface area contributed by atoms with Crippen LogP contribution in [0.1, 0.15) is 25.3 Å². The molecule has 1 aromatic rings. The summed E-state index contributed by atoms with van der Waals surface area (Å²) in [4.78, 5) is 3.90. The van der Waals surface area contributed by atoms with Crippen LogP contribution in [0.5, 0.6) is 5.75 Å². The number of hydrogen-bond donors (Lipinski definition) is 0. The molecule has 1 fully saturated rings. The van der Waals surface area contributed by atoms with Gasteiger partial charge in [-0.15, -0.1) is 11.8 Å². The summed E-state index contributed by atoms with van der Waals surface area (Å²) in [5.74, 6) is 0.914. The van der Waals surface area contributed by atoms with Crippen LogP contribution in [0, 0.1) is 0 Å². The molecule has 3 heteroatoms. The van der Waals surface area contributed by atoms with E-state index in [0.717, 1.165) is 5.75 Å². The van der Waals surface area contributed by atoms with Gasteiger partial charge in [0, 0.05) is 10.9 Å². The van der Waals surface area contributed by atoms with E-state index in [9.17, 15) is 0 Å². The van der Waals surface area contributed by atoms with E-state index in [0.29, 0.717) is 6.04 Å². The fraction of sp³-hybridized carbons (Fsp3) is 0.500. The Morgan fingerprint density at radius 1 is 1.26 bits per heavy atom. The second kappa shape index (κ2) is 7.01. The first-order chi connectivity index (χ1) is 9.24. The van der Waals surface area contributed by atoms with E-state index in [1.807, 2.05) is 23.9 Å². The predicted octanol–water partition coefficient (Wildman–Crippen LogP) is 3.88. The molecule has 2 nitrogen and oxygen atoms in total. The van der Waals surface area contributed by atoms with Gasteiger partial charge in [0.1, 0.15) is 5.75 Å². The molecule has 104 valence electrons. The quantitative estimate of drug-likeness (QED) is 0.810. The van der Waals surface area contributed by atoms with Crippen LogP contribution in [0.2, 0.25) is 0 Å². The number of thioether (sulfide) groups is 1. The minimum Gasteiger partial charge on any atom is -0.497 e. The van der Waals surface area contributed by atoms with E-state index in [4.69, 9.17) is 4.74 Å². The van der Waals surface area contributed by atoms with Crippen LogP contribution in [-0.2, 0) is 0 Å². The standard InChI is InChI=1S/C16H23NOS/c1-13(17-10-4-5-11-17)12-16(19-3)14-6-8-15(18-2)9-7-14/h6-9,12-13H,4-5,10-11H2,1-3H3/b16-12-. The fourth-order valence-corrected chi connectivity index (χ4v) is 3.22. The molecule has 1 aliphatic rings. The third-order valence-electron chi connectivity index (χ3n) is 3.70. The predicted molar refractivity (Wildman–Crippen MR) is 84.8 cm³/mol. The summed E-state index contributed by atoms with van der Waals surface area (Å²) in [5.41, 5.74) is 1.28. The summed E-state index contributed by atoms with van der Waals surface area (Å²) in [5, 5.41) is 0. The molecule has 1 saturated heterocycles. The van der Waals surface area contributed by atoms with Gasteiger partial charge in [-0.25, -0.2) is 0 Å². The van der Waals surface area contributed by atoms with Crippen molar-refractivity contribution < 1.29 is 4.74 Å². The Hall–Kier alpha value is -0.930. The van der Waals surface area contributed by atoms with E-state index in [1.165, 1.54) is 36.4 Å². The number of hydrogen-bond acceptors (Lipinski definition) is 3. The largest absolute Gasteiger partial charge is 0.497 e. The van der Waals surface area contributed by atoms with Gasteiger partial charge >= 0.3 is 0 Å². The zero-order valence-corrected chi connectivity index (χ0v) is 12.9. The lowest BCUT2D eigenvalue weighted by atomic mass is 10.1. The SMILES string of the molecule is COc1ccc(/C(=C/C(C)N2CCCC2)SC)cc1. The van der Waals surface area contributed by atoms with Gasteiger partial charge in [-0.05, 0) is 56.8 Å².